The zero-order chi connectivity index (χ0) is 38.7. The van der Waals surface area contributed by atoms with Gasteiger partial charge in [-0.15, -0.1) is 0 Å². The minimum Gasteiger partial charge on any atom is -0.325 e. The molecule has 2 heterocycles. The highest BCUT2D eigenvalue weighted by Gasteiger charge is 2.31. The maximum Gasteiger partial charge on any atom is 0.150 e. The van der Waals surface area contributed by atoms with E-state index in [1.54, 1.807) is 0 Å². The summed E-state index contributed by atoms with van der Waals surface area (Å²) >= 11 is 0. The van der Waals surface area contributed by atoms with Gasteiger partial charge in [0.2, 0.25) is 0 Å². The van der Waals surface area contributed by atoms with Crippen molar-refractivity contribution in [3.05, 3.63) is 209 Å². The Bertz CT molecular complexity index is 2560. The van der Waals surface area contributed by atoms with Gasteiger partial charge >= 0.3 is 0 Å². The zero-order valence-electron chi connectivity index (χ0n) is 33.1. The van der Waals surface area contributed by atoms with Crippen molar-refractivity contribution in [2.45, 2.75) is 69.9 Å². The summed E-state index contributed by atoms with van der Waals surface area (Å²) in [6.07, 6.45) is 45.3. The monoisotopic (exact) mass is 754 g/mol. The largest absolute Gasteiger partial charge is 0.325 e. The van der Waals surface area contributed by atoms with Crippen LogP contribution in [0.2, 0.25) is 0 Å². The molecule has 4 nitrogen and oxygen atoms in total. The van der Waals surface area contributed by atoms with E-state index >= 15 is 0 Å². The molecule has 4 unspecified atom stereocenters. The minimum atomic E-state index is -0.203. The molecule has 4 heteroatoms. The lowest BCUT2D eigenvalue weighted by Gasteiger charge is -2.31. The van der Waals surface area contributed by atoms with E-state index in [4.69, 9.17) is 15.0 Å². The van der Waals surface area contributed by atoms with Crippen LogP contribution < -0.4 is 5.32 Å². The van der Waals surface area contributed by atoms with Gasteiger partial charge in [0.15, 0.2) is 6.17 Å². The van der Waals surface area contributed by atoms with Crippen LogP contribution in [-0.4, -0.2) is 23.5 Å². The molecule has 3 aromatic rings. The summed E-state index contributed by atoms with van der Waals surface area (Å²) in [4.78, 5) is 15.9. The predicted octanol–water partition coefficient (Wildman–Crippen LogP) is 12.7. The molecule has 0 radical (unpaired) electrons. The normalized spacial score (nSPS) is 25.3. The second-order valence-electron chi connectivity index (χ2n) is 16.4. The van der Waals surface area contributed by atoms with Crippen LogP contribution in [0.4, 0.5) is 0 Å². The summed E-state index contributed by atoms with van der Waals surface area (Å²) in [5.74, 6) is 2.72. The van der Waals surface area contributed by atoms with Crippen molar-refractivity contribution in [1.82, 2.24) is 5.32 Å². The number of allylic oxidation sites excluding steroid dienone is 19. The smallest absolute Gasteiger partial charge is 0.150 e. The second-order valence-corrected chi connectivity index (χ2v) is 16.4. The maximum atomic E-state index is 5.38. The number of fused-ring (bicyclic) bond motifs is 1. The van der Waals surface area contributed by atoms with Gasteiger partial charge in [-0.1, -0.05) is 158 Å². The molecule has 2 aliphatic heterocycles. The fourth-order valence-electron chi connectivity index (χ4n) is 9.46. The van der Waals surface area contributed by atoms with Crippen molar-refractivity contribution in [3.63, 3.8) is 0 Å². The van der Waals surface area contributed by atoms with Gasteiger partial charge in [0.05, 0.1) is 0 Å². The van der Waals surface area contributed by atoms with E-state index in [2.05, 4.69) is 169 Å². The second kappa shape index (κ2) is 16.4. The van der Waals surface area contributed by atoms with Crippen LogP contribution in [0.15, 0.2) is 207 Å². The first kappa shape index (κ1) is 36.2. The molecule has 1 N–H and O–H groups in total. The fourth-order valence-corrected chi connectivity index (χ4v) is 9.46. The SMILES string of the molecule is C1=CCCC(C2=NC=C(C3=CC=C(C4=NC(C5C=CC(C6C=CC=CC6)=CC5)N=C(c5ccc(C6=CCCC=C6)cc5)N4)CC3)C(c3cccc4ccccc34)C2)=C1. The number of nitrogens with one attached hydrogen (secondary N) is 1. The van der Waals surface area contributed by atoms with Gasteiger partial charge in [0, 0.05) is 41.6 Å². The van der Waals surface area contributed by atoms with Crippen molar-refractivity contribution < 1.29 is 0 Å². The molecular weight excluding hydrogens is 705 g/mol. The van der Waals surface area contributed by atoms with Crippen LogP contribution in [-0.2, 0) is 0 Å². The number of aliphatic imine (C=N–C) groups is 3. The zero-order valence-corrected chi connectivity index (χ0v) is 33.1. The third-order valence-corrected chi connectivity index (χ3v) is 12.7. The lowest BCUT2D eigenvalue weighted by atomic mass is 9.76. The Labute approximate surface area is 343 Å². The Balaban J connectivity index is 0.967. The van der Waals surface area contributed by atoms with Gasteiger partial charge in [-0.25, -0.2) is 9.98 Å². The standard InChI is InChI=1S/C54H50N4/c1-4-13-37(14-5-1)39-23-29-44(30-24-39)52-56-53(45-31-25-40(26-32-45)38-15-6-2-7-16-38)58-54(57-52)46-33-27-42(28-34-46)50-36-55-51(43-18-8-3-9-19-43)35-49(50)48-22-12-20-41-17-10-11-21-47(41)48/h1,3-6,8,10-13,15-18,20-27,29,31-33,36-37,44,49,52H,2,7,9,14,19,28,30,34-35H2,(H,56,57,58). The highest BCUT2D eigenvalue weighted by Crippen LogP contribution is 2.43. The van der Waals surface area contributed by atoms with Crippen LogP contribution in [0.25, 0.3) is 16.3 Å². The van der Waals surface area contributed by atoms with Gasteiger partial charge in [-0.2, -0.15) is 0 Å². The van der Waals surface area contributed by atoms with Crippen molar-refractivity contribution in [3.8, 4) is 0 Å². The van der Waals surface area contributed by atoms with Crippen molar-refractivity contribution >= 4 is 33.7 Å². The number of amidine groups is 2. The number of rotatable bonds is 8. The van der Waals surface area contributed by atoms with E-state index in [0.29, 0.717) is 5.92 Å². The molecule has 0 aromatic heterocycles. The van der Waals surface area contributed by atoms with Gasteiger partial charge in [-0.05, 0) is 107 Å². The summed E-state index contributed by atoms with van der Waals surface area (Å²) in [5.41, 5.74) is 12.9. The first-order chi connectivity index (χ1) is 28.7. The molecule has 0 saturated carbocycles. The Morgan fingerprint density at radius 3 is 2.28 bits per heavy atom. The Morgan fingerprint density at radius 2 is 1.48 bits per heavy atom. The Morgan fingerprint density at radius 1 is 0.621 bits per heavy atom. The molecule has 0 amide bonds. The van der Waals surface area contributed by atoms with Gasteiger partial charge in [0.1, 0.15) is 11.7 Å². The van der Waals surface area contributed by atoms with Gasteiger partial charge < -0.3 is 5.32 Å². The number of hydrogen-bond donors (Lipinski definition) is 1. The molecule has 4 atom stereocenters. The van der Waals surface area contributed by atoms with E-state index in [1.165, 1.54) is 61.0 Å². The van der Waals surface area contributed by atoms with Crippen LogP contribution >= 0.6 is 0 Å². The Kier molecular flexibility index (Phi) is 10.2. The van der Waals surface area contributed by atoms with E-state index in [1.807, 2.05) is 0 Å². The molecular formula is C54H50N4. The van der Waals surface area contributed by atoms with Crippen molar-refractivity contribution in [2.24, 2.45) is 26.8 Å². The topological polar surface area (TPSA) is 49.1 Å². The predicted molar refractivity (Wildman–Crippen MR) is 244 cm³/mol. The summed E-state index contributed by atoms with van der Waals surface area (Å²) in [7, 11) is 0. The maximum absolute atomic E-state index is 5.38. The summed E-state index contributed by atoms with van der Waals surface area (Å²) < 4.78 is 0. The average Bonchev–Trinajstić information content (AvgIpc) is 3.32. The summed E-state index contributed by atoms with van der Waals surface area (Å²) in [6.45, 7) is 0. The molecule has 286 valence electrons. The highest BCUT2D eigenvalue weighted by atomic mass is 15.2. The first-order valence-electron chi connectivity index (χ1n) is 21.4. The van der Waals surface area contributed by atoms with Crippen LogP contribution in [0.3, 0.4) is 0 Å². The third-order valence-electron chi connectivity index (χ3n) is 12.7. The number of nitrogens with zero attached hydrogens (tertiary/aromatic N) is 3. The molecule has 0 bridgehead atoms. The molecule has 0 spiro atoms. The van der Waals surface area contributed by atoms with Crippen molar-refractivity contribution in [1.29, 1.82) is 0 Å². The molecule has 3 aromatic carbocycles. The molecule has 10 rings (SSSR count). The Hall–Kier alpha value is -6.13. The molecule has 5 aliphatic carbocycles. The quantitative estimate of drug-likeness (QED) is 0.245. The lowest BCUT2D eigenvalue weighted by Crippen LogP contribution is -2.40. The lowest BCUT2D eigenvalue weighted by molar-refractivity contribution is 0.511. The molecule has 0 fully saturated rings. The number of hydrogen-bond acceptors (Lipinski definition) is 4. The summed E-state index contributed by atoms with van der Waals surface area (Å²) in [6, 6.07) is 24.5. The van der Waals surface area contributed by atoms with Crippen LogP contribution in [0, 0.1) is 11.8 Å². The number of benzene rings is 3. The average molecular weight is 755 g/mol. The van der Waals surface area contributed by atoms with E-state index in [0.717, 1.165) is 75.0 Å². The molecule has 7 aliphatic rings. The highest BCUT2D eigenvalue weighted by molar-refractivity contribution is 6.16. The van der Waals surface area contributed by atoms with Crippen LogP contribution in [0.1, 0.15) is 80.4 Å². The molecule has 58 heavy (non-hydrogen) atoms. The van der Waals surface area contributed by atoms with Gasteiger partial charge in [-0.3, -0.25) is 4.99 Å². The summed E-state index contributed by atoms with van der Waals surface area (Å²) in [5, 5.41) is 6.35. The molecule has 0 saturated heterocycles. The van der Waals surface area contributed by atoms with Crippen molar-refractivity contribution in [2.75, 3.05) is 0 Å². The first-order valence-corrected chi connectivity index (χ1v) is 21.4. The fraction of sp³-hybridized carbons (Fsp3) is 0.241. The van der Waals surface area contributed by atoms with Gasteiger partial charge in [0.25, 0.3) is 0 Å². The van der Waals surface area contributed by atoms with E-state index in [9.17, 15) is 0 Å². The van der Waals surface area contributed by atoms with Crippen LogP contribution in [0.5, 0.6) is 0 Å². The minimum absolute atomic E-state index is 0.196. The van der Waals surface area contributed by atoms with E-state index in [-0.39, 0.29) is 18.0 Å². The third kappa shape index (κ3) is 7.52. The van der Waals surface area contributed by atoms with E-state index < -0.39 is 0 Å².